The summed E-state index contributed by atoms with van der Waals surface area (Å²) in [7, 11) is -3.50. The molecule has 18 heavy (non-hydrogen) atoms. The van der Waals surface area contributed by atoms with E-state index in [1.807, 2.05) is 6.92 Å². The van der Waals surface area contributed by atoms with Crippen molar-refractivity contribution in [2.45, 2.75) is 17.7 Å². The van der Waals surface area contributed by atoms with Crippen molar-refractivity contribution in [2.24, 2.45) is 0 Å². The van der Waals surface area contributed by atoms with Gasteiger partial charge in [-0.15, -0.1) is 11.3 Å². The van der Waals surface area contributed by atoms with Gasteiger partial charge in [0.15, 0.2) is 0 Å². The van der Waals surface area contributed by atoms with Crippen LogP contribution in [0, 0.1) is 6.92 Å². The second-order valence-corrected chi connectivity index (χ2v) is 7.10. The first-order valence-corrected chi connectivity index (χ1v) is 7.62. The number of rotatable bonds is 4. The smallest absolute Gasteiger partial charge is 0.250 e. The van der Waals surface area contributed by atoms with Crippen molar-refractivity contribution in [3.05, 3.63) is 46.8 Å². The zero-order valence-electron chi connectivity index (χ0n) is 9.75. The van der Waals surface area contributed by atoms with E-state index >= 15 is 0 Å². The SMILES string of the molecule is Cc1ccc(S(=O)(=O)NCc2ccccc2O)s1. The Hall–Kier alpha value is -1.37. The van der Waals surface area contributed by atoms with Crippen molar-refractivity contribution in [3.8, 4) is 5.75 Å². The molecule has 2 N–H and O–H groups in total. The lowest BCUT2D eigenvalue weighted by Crippen LogP contribution is -2.22. The maximum absolute atomic E-state index is 11.9. The summed E-state index contributed by atoms with van der Waals surface area (Å²) in [6.07, 6.45) is 0. The van der Waals surface area contributed by atoms with Crippen LogP contribution < -0.4 is 4.72 Å². The maximum atomic E-state index is 11.9. The molecule has 0 radical (unpaired) electrons. The van der Waals surface area contributed by atoms with Gasteiger partial charge in [-0.25, -0.2) is 13.1 Å². The van der Waals surface area contributed by atoms with E-state index in [4.69, 9.17) is 0 Å². The molecule has 0 atom stereocenters. The highest BCUT2D eigenvalue weighted by molar-refractivity contribution is 7.91. The molecule has 1 aromatic carbocycles. The molecule has 2 rings (SSSR count). The molecule has 6 heteroatoms. The normalized spacial score (nSPS) is 11.6. The maximum Gasteiger partial charge on any atom is 0.250 e. The average molecular weight is 283 g/mol. The van der Waals surface area contributed by atoms with Crippen LogP contribution in [0.25, 0.3) is 0 Å². The van der Waals surface area contributed by atoms with Gasteiger partial charge < -0.3 is 5.11 Å². The van der Waals surface area contributed by atoms with Crippen molar-refractivity contribution in [2.75, 3.05) is 0 Å². The monoisotopic (exact) mass is 283 g/mol. The average Bonchev–Trinajstić information content (AvgIpc) is 2.76. The van der Waals surface area contributed by atoms with Gasteiger partial charge in [0.2, 0.25) is 10.0 Å². The zero-order valence-corrected chi connectivity index (χ0v) is 11.4. The summed E-state index contributed by atoms with van der Waals surface area (Å²) in [5.41, 5.74) is 0.550. The third-order valence-corrected chi connectivity index (χ3v) is 5.32. The number of aryl methyl sites for hydroxylation is 1. The fourth-order valence-electron chi connectivity index (χ4n) is 1.46. The number of thiophene rings is 1. The highest BCUT2D eigenvalue weighted by Crippen LogP contribution is 2.21. The van der Waals surface area contributed by atoms with E-state index in [0.29, 0.717) is 5.56 Å². The van der Waals surface area contributed by atoms with Gasteiger partial charge in [-0.2, -0.15) is 0 Å². The van der Waals surface area contributed by atoms with Crippen molar-refractivity contribution in [1.82, 2.24) is 4.72 Å². The summed E-state index contributed by atoms with van der Waals surface area (Å²) >= 11 is 1.22. The molecule has 0 fully saturated rings. The first kappa shape index (κ1) is 13.1. The fourth-order valence-corrected chi connectivity index (χ4v) is 3.80. The number of hydrogen-bond acceptors (Lipinski definition) is 4. The highest BCUT2D eigenvalue weighted by atomic mass is 32.2. The Bertz CT molecular complexity index is 647. The topological polar surface area (TPSA) is 66.4 Å². The van der Waals surface area contributed by atoms with Gasteiger partial charge in [-0.05, 0) is 25.1 Å². The Kier molecular flexibility index (Phi) is 3.70. The number of benzene rings is 1. The lowest BCUT2D eigenvalue weighted by molar-refractivity contribution is 0.467. The van der Waals surface area contributed by atoms with E-state index < -0.39 is 10.0 Å². The highest BCUT2D eigenvalue weighted by Gasteiger charge is 2.16. The minimum atomic E-state index is -3.50. The van der Waals surface area contributed by atoms with E-state index in [1.54, 1.807) is 30.3 Å². The molecule has 0 saturated carbocycles. The summed E-state index contributed by atoms with van der Waals surface area (Å²) in [5, 5.41) is 9.55. The molecule has 4 nitrogen and oxygen atoms in total. The van der Waals surface area contributed by atoms with Crippen LogP contribution in [0.3, 0.4) is 0 Å². The van der Waals surface area contributed by atoms with Crippen molar-refractivity contribution < 1.29 is 13.5 Å². The second-order valence-electron chi connectivity index (χ2n) is 3.82. The third kappa shape index (κ3) is 2.90. The Morgan fingerprint density at radius 3 is 2.56 bits per heavy atom. The molecule has 0 aliphatic carbocycles. The standard InChI is InChI=1S/C12H13NO3S2/c1-9-6-7-12(17-9)18(15,16)13-8-10-4-2-3-5-11(10)14/h2-7,13-14H,8H2,1H3. The van der Waals surface area contributed by atoms with E-state index in [9.17, 15) is 13.5 Å². The molecule has 0 aliphatic heterocycles. The lowest BCUT2D eigenvalue weighted by Gasteiger charge is -2.06. The van der Waals surface area contributed by atoms with Crippen LogP contribution in [0.15, 0.2) is 40.6 Å². The van der Waals surface area contributed by atoms with Gasteiger partial charge in [0, 0.05) is 17.0 Å². The number of para-hydroxylation sites is 1. The van der Waals surface area contributed by atoms with Crippen LogP contribution in [0.1, 0.15) is 10.4 Å². The van der Waals surface area contributed by atoms with Gasteiger partial charge in [-0.1, -0.05) is 18.2 Å². The summed E-state index contributed by atoms with van der Waals surface area (Å²) < 4.78 is 26.7. The Morgan fingerprint density at radius 1 is 1.22 bits per heavy atom. The molecule has 0 amide bonds. The summed E-state index contributed by atoms with van der Waals surface area (Å²) in [5.74, 6) is 0.0857. The zero-order chi connectivity index (χ0) is 13.2. The molecule has 0 unspecified atom stereocenters. The van der Waals surface area contributed by atoms with Crippen LogP contribution in [-0.2, 0) is 16.6 Å². The predicted molar refractivity (Wildman–Crippen MR) is 71.2 cm³/mol. The Labute approximate surface area is 110 Å². The molecule has 1 aromatic heterocycles. The summed E-state index contributed by atoms with van der Waals surface area (Å²) in [4.78, 5) is 0.943. The van der Waals surface area contributed by atoms with Gasteiger partial charge in [0.05, 0.1) is 0 Å². The second kappa shape index (κ2) is 5.09. The van der Waals surface area contributed by atoms with Crippen LogP contribution in [-0.4, -0.2) is 13.5 Å². The summed E-state index contributed by atoms with van der Waals surface area (Å²) in [6, 6.07) is 9.98. The number of aromatic hydroxyl groups is 1. The van der Waals surface area contributed by atoms with E-state index in [-0.39, 0.29) is 16.5 Å². The summed E-state index contributed by atoms with van der Waals surface area (Å²) in [6.45, 7) is 1.93. The molecule has 0 bridgehead atoms. The number of phenolic OH excluding ortho intramolecular Hbond substituents is 1. The Balaban J connectivity index is 2.13. The minimum Gasteiger partial charge on any atom is -0.508 e. The molecule has 0 spiro atoms. The van der Waals surface area contributed by atoms with Gasteiger partial charge in [0.25, 0.3) is 0 Å². The number of phenols is 1. The number of hydrogen-bond donors (Lipinski definition) is 2. The molecule has 1 heterocycles. The minimum absolute atomic E-state index is 0.0754. The predicted octanol–water partition coefficient (Wildman–Crippen LogP) is 2.24. The van der Waals surface area contributed by atoms with E-state index in [2.05, 4.69) is 4.72 Å². The quantitative estimate of drug-likeness (QED) is 0.904. The molecule has 96 valence electrons. The lowest BCUT2D eigenvalue weighted by atomic mass is 10.2. The van der Waals surface area contributed by atoms with Crippen LogP contribution in [0.5, 0.6) is 5.75 Å². The molecule has 2 aromatic rings. The van der Waals surface area contributed by atoms with Crippen LogP contribution >= 0.6 is 11.3 Å². The number of sulfonamides is 1. The first-order chi connectivity index (χ1) is 8.49. The first-order valence-electron chi connectivity index (χ1n) is 5.32. The van der Waals surface area contributed by atoms with Crippen LogP contribution in [0.2, 0.25) is 0 Å². The largest absolute Gasteiger partial charge is 0.508 e. The molecule has 0 aliphatic rings. The van der Waals surface area contributed by atoms with E-state index in [0.717, 1.165) is 4.88 Å². The van der Waals surface area contributed by atoms with E-state index in [1.165, 1.54) is 17.4 Å². The Morgan fingerprint density at radius 2 is 1.94 bits per heavy atom. The molecular formula is C12H13NO3S2. The third-order valence-electron chi connectivity index (χ3n) is 2.42. The van der Waals surface area contributed by atoms with Crippen molar-refractivity contribution in [1.29, 1.82) is 0 Å². The van der Waals surface area contributed by atoms with Crippen molar-refractivity contribution in [3.63, 3.8) is 0 Å². The molecular weight excluding hydrogens is 270 g/mol. The van der Waals surface area contributed by atoms with Crippen LogP contribution in [0.4, 0.5) is 0 Å². The fraction of sp³-hybridized carbons (Fsp3) is 0.167. The van der Waals surface area contributed by atoms with Crippen molar-refractivity contribution >= 4 is 21.4 Å². The van der Waals surface area contributed by atoms with Gasteiger partial charge >= 0.3 is 0 Å². The molecule has 0 saturated heterocycles. The number of nitrogens with one attached hydrogen (secondary N) is 1. The van der Waals surface area contributed by atoms with Gasteiger partial charge in [0.1, 0.15) is 9.96 Å². The van der Waals surface area contributed by atoms with Gasteiger partial charge in [-0.3, -0.25) is 0 Å².